The van der Waals surface area contributed by atoms with Crippen LogP contribution in [-0.4, -0.2) is 34.6 Å². The highest BCUT2D eigenvalue weighted by Gasteiger charge is 2.60. The van der Waals surface area contributed by atoms with Crippen LogP contribution in [0.5, 0.6) is 5.75 Å². The van der Waals surface area contributed by atoms with Gasteiger partial charge in [-0.15, -0.1) is 0 Å². The number of halogens is 1. The Balaban J connectivity index is 1.56. The lowest BCUT2D eigenvalue weighted by Crippen LogP contribution is -2.27. The van der Waals surface area contributed by atoms with E-state index in [9.17, 15) is 9.18 Å². The predicted octanol–water partition coefficient (Wildman–Crippen LogP) is 3.31. The molecule has 0 bridgehead atoms. The summed E-state index contributed by atoms with van der Waals surface area (Å²) in [6, 6.07) is 11.3. The van der Waals surface area contributed by atoms with Gasteiger partial charge in [0.1, 0.15) is 29.2 Å². The molecule has 0 aliphatic heterocycles. The van der Waals surface area contributed by atoms with Crippen molar-refractivity contribution in [3.63, 3.8) is 0 Å². The van der Waals surface area contributed by atoms with Crippen LogP contribution in [0, 0.1) is 30.0 Å². The number of rotatable bonds is 8. The lowest BCUT2D eigenvalue weighted by molar-refractivity contribution is -0.117. The number of aromatic nitrogens is 3. The van der Waals surface area contributed by atoms with Crippen molar-refractivity contribution in [2.45, 2.75) is 25.4 Å². The molecule has 4 rings (SSSR count). The quantitative estimate of drug-likeness (QED) is 0.564. The fourth-order valence-corrected chi connectivity index (χ4v) is 3.83. The number of nitriles is 1. The van der Waals surface area contributed by atoms with Gasteiger partial charge in [-0.05, 0) is 43.2 Å². The molecular weight excluding hydrogens is 425 g/mol. The third-order valence-corrected chi connectivity index (χ3v) is 5.65. The molecule has 1 aromatic carbocycles. The zero-order valence-electron chi connectivity index (χ0n) is 18.2. The highest BCUT2D eigenvalue weighted by molar-refractivity contribution is 5.95. The van der Waals surface area contributed by atoms with Gasteiger partial charge in [-0.25, -0.2) is 19.3 Å². The Bertz CT molecular complexity index is 1210. The highest BCUT2D eigenvalue weighted by Crippen LogP contribution is 2.55. The van der Waals surface area contributed by atoms with Crippen molar-refractivity contribution >= 4 is 11.7 Å². The molecule has 2 aromatic heterocycles. The second-order valence-corrected chi connectivity index (χ2v) is 7.91. The molecular formula is C24H22FN5O3. The number of aryl methyl sites for hydroxylation is 1. The second-order valence-electron chi connectivity index (χ2n) is 7.91. The molecule has 1 aliphatic rings. The van der Waals surface area contributed by atoms with Gasteiger partial charge in [0.25, 0.3) is 0 Å². The number of nitrogens with one attached hydrogen (secondary N) is 1. The maximum absolute atomic E-state index is 14.0. The zero-order chi connectivity index (χ0) is 23.4. The van der Waals surface area contributed by atoms with Crippen LogP contribution in [0.25, 0.3) is 0 Å². The van der Waals surface area contributed by atoms with Gasteiger partial charge in [-0.3, -0.25) is 4.79 Å². The summed E-state index contributed by atoms with van der Waals surface area (Å²) in [6.45, 7) is 2.16. The number of pyridine rings is 1. The van der Waals surface area contributed by atoms with E-state index in [0.29, 0.717) is 40.6 Å². The van der Waals surface area contributed by atoms with Gasteiger partial charge in [0, 0.05) is 18.7 Å². The monoisotopic (exact) mass is 447 g/mol. The van der Waals surface area contributed by atoms with Crippen molar-refractivity contribution in [1.82, 2.24) is 15.0 Å². The van der Waals surface area contributed by atoms with Crippen LogP contribution in [0.3, 0.4) is 0 Å². The number of amides is 1. The molecule has 1 aliphatic carbocycles. The van der Waals surface area contributed by atoms with E-state index >= 15 is 0 Å². The van der Waals surface area contributed by atoms with Crippen molar-refractivity contribution in [2.75, 3.05) is 19.0 Å². The summed E-state index contributed by atoms with van der Waals surface area (Å²) in [5.74, 6) is 0.303. The van der Waals surface area contributed by atoms with Crippen molar-refractivity contribution < 1.29 is 18.7 Å². The summed E-state index contributed by atoms with van der Waals surface area (Å²) in [5, 5.41) is 11.7. The van der Waals surface area contributed by atoms with Crippen LogP contribution in [0.1, 0.15) is 29.1 Å². The number of hydrogen-bond donors (Lipinski definition) is 1. The van der Waals surface area contributed by atoms with Crippen LogP contribution >= 0.6 is 0 Å². The first-order valence-electron chi connectivity index (χ1n) is 10.3. The standard InChI is InChI=1S/C24H22FN5O3/c1-15-27-12-21(20(29-15)13-32-2)33-14-24(17-4-3-5-18(25)8-17)9-19(24)23(31)30-22-7-6-16(10-26)11-28-22/h3-8,11-12,19H,9,13-14H2,1-2H3,(H,28,30,31)/t19-,24+/m0/s1. The third kappa shape index (κ3) is 4.81. The molecule has 33 heavy (non-hydrogen) atoms. The Morgan fingerprint density at radius 1 is 1.30 bits per heavy atom. The maximum Gasteiger partial charge on any atom is 0.229 e. The normalized spacial score (nSPS) is 18.9. The molecule has 1 N–H and O–H groups in total. The minimum atomic E-state index is -0.714. The lowest BCUT2D eigenvalue weighted by Gasteiger charge is -2.20. The molecule has 1 saturated carbocycles. The van der Waals surface area contributed by atoms with Crippen molar-refractivity contribution in [3.05, 3.63) is 77.3 Å². The van der Waals surface area contributed by atoms with Gasteiger partial charge in [0.05, 0.1) is 30.9 Å². The number of hydrogen-bond acceptors (Lipinski definition) is 7. The number of benzene rings is 1. The van der Waals surface area contributed by atoms with E-state index in [1.807, 2.05) is 6.07 Å². The number of anilines is 1. The van der Waals surface area contributed by atoms with Gasteiger partial charge in [0.2, 0.25) is 5.91 Å². The van der Waals surface area contributed by atoms with Crippen LogP contribution in [-0.2, 0) is 21.6 Å². The summed E-state index contributed by atoms with van der Waals surface area (Å²) in [6.07, 6.45) is 3.44. The van der Waals surface area contributed by atoms with E-state index in [-0.39, 0.29) is 24.9 Å². The van der Waals surface area contributed by atoms with Gasteiger partial charge < -0.3 is 14.8 Å². The Labute approximate surface area is 190 Å². The average molecular weight is 447 g/mol. The Morgan fingerprint density at radius 2 is 2.15 bits per heavy atom. The summed E-state index contributed by atoms with van der Waals surface area (Å²) in [7, 11) is 1.56. The summed E-state index contributed by atoms with van der Waals surface area (Å²) in [5.41, 5.74) is 0.960. The first-order chi connectivity index (χ1) is 15.9. The Kier molecular flexibility index (Phi) is 6.29. The molecule has 9 heteroatoms. The van der Waals surface area contributed by atoms with Crippen LogP contribution in [0.4, 0.5) is 10.2 Å². The van der Waals surface area contributed by atoms with E-state index in [0.717, 1.165) is 0 Å². The summed E-state index contributed by atoms with van der Waals surface area (Å²) < 4.78 is 25.3. The second kappa shape index (κ2) is 9.30. The van der Waals surface area contributed by atoms with Crippen LogP contribution in [0.2, 0.25) is 0 Å². The van der Waals surface area contributed by atoms with E-state index < -0.39 is 11.3 Å². The smallest absolute Gasteiger partial charge is 0.229 e. The zero-order valence-corrected chi connectivity index (χ0v) is 18.2. The first kappa shape index (κ1) is 22.3. The number of nitrogens with zero attached hydrogens (tertiary/aromatic N) is 4. The number of methoxy groups -OCH3 is 1. The Hall–Kier alpha value is -3.90. The first-order valence-corrected chi connectivity index (χ1v) is 10.3. The lowest BCUT2D eigenvalue weighted by atomic mass is 9.93. The van der Waals surface area contributed by atoms with E-state index in [4.69, 9.17) is 14.7 Å². The van der Waals surface area contributed by atoms with E-state index in [1.165, 1.54) is 18.3 Å². The van der Waals surface area contributed by atoms with Crippen molar-refractivity contribution in [3.8, 4) is 11.8 Å². The SMILES string of the molecule is COCc1nc(C)ncc1OC[C@@]1(c2cccc(F)c2)C[C@H]1C(=O)Nc1ccc(C#N)cn1. The fourth-order valence-electron chi connectivity index (χ4n) is 3.83. The molecule has 2 atom stereocenters. The minimum absolute atomic E-state index is 0.137. The van der Waals surface area contributed by atoms with Gasteiger partial charge in [-0.1, -0.05) is 12.1 Å². The predicted molar refractivity (Wildman–Crippen MR) is 117 cm³/mol. The molecule has 168 valence electrons. The van der Waals surface area contributed by atoms with Gasteiger partial charge in [-0.2, -0.15) is 5.26 Å². The largest absolute Gasteiger partial charge is 0.489 e. The number of carbonyl (C=O) groups excluding carboxylic acids is 1. The topological polar surface area (TPSA) is 110 Å². The number of ether oxygens (including phenoxy) is 2. The van der Waals surface area contributed by atoms with E-state index in [2.05, 4.69) is 20.3 Å². The van der Waals surface area contributed by atoms with Gasteiger partial charge in [0.15, 0.2) is 5.75 Å². The average Bonchev–Trinajstić information content (AvgIpc) is 3.55. The summed E-state index contributed by atoms with van der Waals surface area (Å²) >= 11 is 0. The highest BCUT2D eigenvalue weighted by atomic mass is 19.1. The van der Waals surface area contributed by atoms with Gasteiger partial charge >= 0.3 is 0 Å². The summed E-state index contributed by atoms with van der Waals surface area (Å²) in [4.78, 5) is 25.7. The molecule has 2 heterocycles. The van der Waals surface area contributed by atoms with Crippen molar-refractivity contribution in [2.24, 2.45) is 5.92 Å². The third-order valence-electron chi connectivity index (χ3n) is 5.65. The molecule has 0 saturated heterocycles. The number of carbonyl (C=O) groups is 1. The Morgan fingerprint density at radius 3 is 2.85 bits per heavy atom. The molecule has 1 amide bonds. The molecule has 0 radical (unpaired) electrons. The maximum atomic E-state index is 14.0. The fraction of sp³-hybridized carbons (Fsp3) is 0.292. The van der Waals surface area contributed by atoms with Crippen molar-refractivity contribution in [1.29, 1.82) is 5.26 Å². The molecule has 8 nitrogen and oxygen atoms in total. The minimum Gasteiger partial charge on any atom is -0.489 e. The van der Waals surface area contributed by atoms with E-state index in [1.54, 1.807) is 44.5 Å². The molecule has 3 aromatic rings. The van der Waals surface area contributed by atoms with Crippen LogP contribution < -0.4 is 10.1 Å². The molecule has 0 unspecified atom stereocenters. The molecule has 1 fully saturated rings. The van der Waals surface area contributed by atoms with Crippen LogP contribution in [0.15, 0.2) is 48.8 Å². The molecule has 0 spiro atoms.